The fourth-order valence-corrected chi connectivity index (χ4v) is 3.25. The lowest BCUT2D eigenvalue weighted by atomic mass is 10.1. The fourth-order valence-electron chi connectivity index (χ4n) is 3.25. The quantitative estimate of drug-likeness (QED) is 0.818. The van der Waals surface area contributed by atoms with Crippen molar-refractivity contribution in [2.75, 3.05) is 11.4 Å². The van der Waals surface area contributed by atoms with Crippen LogP contribution in [0.2, 0.25) is 0 Å². The van der Waals surface area contributed by atoms with Crippen molar-refractivity contribution in [3.8, 4) is 5.75 Å². The van der Waals surface area contributed by atoms with Crippen molar-refractivity contribution in [2.24, 2.45) is 0 Å². The summed E-state index contributed by atoms with van der Waals surface area (Å²) in [5.74, 6) is 0.528. The van der Waals surface area contributed by atoms with Gasteiger partial charge in [-0.15, -0.1) is 0 Å². The van der Waals surface area contributed by atoms with Gasteiger partial charge in [-0.1, -0.05) is 42.5 Å². The molecule has 0 saturated carbocycles. The highest BCUT2D eigenvalue weighted by Crippen LogP contribution is 2.33. The molecule has 2 unspecified atom stereocenters. The van der Waals surface area contributed by atoms with Gasteiger partial charge in [-0.05, 0) is 44.4 Å². The molecular weight excluding hydrogens is 340 g/mol. The van der Waals surface area contributed by atoms with Crippen LogP contribution in [0.1, 0.15) is 32.3 Å². The number of carbonyl (C=O) groups excluding carboxylic acids is 2. The highest BCUT2D eigenvalue weighted by atomic mass is 16.5. The van der Waals surface area contributed by atoms with Crippen LogP contribution in [0, 0.1) is 0 Å². The molecule has 0 saturated heterocycles. The third-order valence-corrected chi connectivity index (χ3v) is 4.75. The first-order valence-corrected chi connectivity index (χ1v) is 9.45. The van der Waals surface area contributed by atoms with Crippen LogP contribution in [-0.2, 0) is 16.0 Å². The largest absolute Gasteiger partial charge is 0.479 e. The first-order chi connectivity index (χ1) is 13.0. The molecule has 0 spiro atoms. The van der Waals surface area contributed by atoms with Crippen LogP contribution in [0.4, 0.5) is 5.69 Å². The summed E-state index contributed by atoms with van der Waals surface area (Å²) in [6, 6.07) is 17.8. The second-order valence-corrected chi connectivity index (χ2v) is 6.96. The summed E-state index contributed by atoms with van der Waals surface area (Å²) in [5.41, 5.74) is 1.99. The molecule has 0 aliphatic carbocycles. The van der Waals surface area contributed by atoms with Gasteiger partial charge in [0.2, 0.25) is 5.91 Å². The molecule has 2 aromatic carbocycles. The summed E-state index contributed by atoms with van der Waals surface area (Å²) in [6.45, 7) is 4.09. The molecule has 1 N–H and O–H groups in total. The van der Waals surface area contributed by atoms with E-state index in [9.17, 15) is 9.59 Å². The third-order valence-electron chi connectivity index (χ3n) is 4.75. The van der Waals surface area contributed by atoms with E-state index in [1.807, 2.05) is 49.4 Å². The van der Waals surface area contributed by atoms with Crippen molar-refractivity contribution in [1.82, 2.24) is 5.32 Å². The topological polar surface area (TPSA) is 58.6 Å². The fraction of sp³-hybridized carbons (Fsp3) is 0.364. The normalized spacial score (nSPS) is 17.0. The Morgan fingerprint density at radius 1 is 1.15 bits per heavy atom. The van der Waals surface area contributed by atoms with Crippen LogP contribution in [0.5, 0.6) is 5.75 Å². The predicted octanol–water partition coefficient (Wildman–Crippen LogP) is 3.33. The molecule has 0 radical (unpaired) electrons. The minimum absolute atomic E-state index is 0.0417. The first-order valence-electron chi connectivity index (χ1n) is 9.45. The van der Waals surface area contributed by atoms with E-state index in [1.165, 1.54) is 5.56 Å². The number of amides is 2. The standard InChI is InChI=1S/C22H26N2O3/c1-16(12-13-18-8-4-3-5-9-18)23-21(25)14-15-24-19-10-6-7-11-20(19)27-17(2)22(24)26/h3-11,16-17H,12-15H2,1-2H3,(H,23,25). The summed E-state index contributed by atoms with van der Waals surface area (Å²) >= 11 is 0. The van der Waals surface area contributed by atoms with E-state index in [-0.39, 0.29) is 24.3 Å². The molecule has 1 aliphatic rings. The van der Waals surface area contributed by atoms with Crippen molar-refractivity contribution < 1.29 is 14.3 Å². The van der Waals surface area contributed by atoms with Crippen LogP contribution in [0.3, 0.4) is 0 Å². The number of benzene rings is 2. The molecule has 27 heavy (non-hydrogen) atoms. The number of para-hydroxylation sites is 2. The van der Waals surface area contributed by atoms with Gasteiger partial charge in [-0.25, -0.2) is 0 Å². The maximum absolute atomic E-state index is 12.5. The molecule has 0 aromatic heterocycles. The van der Waals surface area contributed by atoms with E-state index < -0.39 is 6.10 Å². The molecule has 0 bridgehead atoms. The zero-order valence-electron chi connectivity index (χ0n) is 15.9. The van der Waals surface area contributed by atoms with Gasteiger partial charge < -0.3 is 15.0 Å². The van der Waals surface area contributed by atoms with Gasteiger partial charge in [-0.2, -0.15) is 0 Å². The maximum atomic E-state index is 12.5. The van der Waals surface area contributed by atoms with Crippen molar-refractivity contribution in [3.63, 3.8) is 0 Å². The Balaban J connectivity index is 1.50. The summed E-state index contributed by atoms with van der Waals surface area (Å²) in [7, 11) is 0. The summed E-state index contributed by atoms with van der Waals surface area (Å²) < 4.78 is 5.63. The number of aryl methyl sites for hydroxylation is 1. The van der Waals surface area contributed by atoms with E-state index in [0.717, 1.165) is 18.5 Å². The molecule has 142 valence electrons. The van der Waals surface area contributed by atoms with Gasteiger partial charge in [0.05, 0.1) is 5.69 Å². The number of carbonyl (C=O) groups is 2. The predicted molar refractivity (Wildman–Crippen MR) is 106 cm³/mol. The van der Waals surface area contributed by atoms with Gasteiger partial charge in [0.15, 0.2) is 6.10 Å². The van der Waals surface area contributed by atoms with Gasteiger partial charge in [0, 0.05) is 19.0 Å². The van der Waals surface area contributed by atoms with Gasteiger partial charge >= 0.3 is 0 Å². The summed E-state index contributed by atoms with van der Waals surface area (Å²) in [5, 5.41) is 3.03. The Kier molecular flexibility index (Phi) is 6.12. The molecule has 2 aromatic rings. The van der Waals surface area contributed by atoms with E-state index in [4.69, 9.17) is 4.74 Å². The van der Waals surface area contributed by atoms with E-state index in [1.54, 1.807) is 11.8 Å². The number of anilines is 1. The number of hydrogen-bond donors (Lipinski definition) is 1. The lowest BCUT2D eigenvalue weighted by Gasteiger charge is -2.32. The molecule has 2 atom stereocenters. The van der Waals surface area contributed by atoms with E-state index in [0.29, 0.717) is 12.3 Å². The van der Waals surface area contributed by atoms with Crippen LogP contribution in [0.15, 0.2) is 54.6 Å². The average molecular weight is 366 g/mol. The number of ether oxygens (including phenoxy) is 1. The smallest absolute Gasteiger partial charge is 0.267 e. The monoisotopic (exact) mass is 366 g/mol. The average Bonchev–Trinajstić information content (AvgIpc) is 2.67. The zero-order chi connectivity index (χ0) is 19.2. The maximum Gasteiger partial charge on any atom is 0.267 e. The number of nitrogens with zero attached hydrogens (tertiary/aromatic N) is 1. The number of rotatable bonds is 7. The van der Waals surface area contributed by atoms with Gasteiger partial charge in [-0.3, -0.25) is 9.59 Å². The van der Waals surface area contributed by atoms with Crippen molar-refractivity contribution in [1.29, 1.82) is 0 Å². The van der Waals surface area contributed by atoms with E-state index in [2.05, 4.69) is 17.4 Å². The zero-order valence-corrected chi connectivity index (χ0v) is 15.9. The Labute approximate surface area is 160 Å². The second-order valence-electron chi connectivity index (χ2n) is 6.96. The van der Waals surface area contributed by atoms with Crippen LogP contribution < -0.4 is 15.0 Å². The number of hydrogen-bond acceptors (Lipinski definition) is 3. The van der Waals surface area contributed by atoms with Crippen molar-refractivity contribution in [2.45, 2.75) is 45.3 Å². The molecule has 5 heteroatoms. The molecule has 0 fully saturated rings. The first kappa shape index (κ1) is 19.0. The minimum atomic E-state index is -0.534. The molecule has 1 aliphatic heterocycles. The number of nitrogens with one attached hydrogen (secondary N) is 1. The summed E-state index contributed by atoms with van der Waals surface area (Å²) in [4.78, 5) is 26.4. The third kappa shape index (κ3) is 4.88. The highest BCUT2D eigenvalue weighted by Gasteiger charge is 2.31. The van der Waals surface area contributed by atoms with Crippen LogP contribution >= 0.6 is 0 Å². The van der Waals surface area contributed by atoms with Gasteiger partial charge in [0.25, 0.3) is 5.91 Å². The number of fused-ring (bicyclic) bond motifs is 1. The summed E-state index contributed by atoms with van der Waals surface area (Å²) in [6.07, 6.45) is 1.54. The minimum Gasteiger partial charge on any atom is -0.479 e. The molecule has 3 rings (SSSR count). The molecule has 2 amide bonds. The molecular formula is C22H26N2O3. The van der Waals surface area contributed by atoms with Crippen LogP contribution in [-0.4, -0.2) is 30.5 Å². The highest BCUT2D eigenvalue weighted by molar-refractivity contribution is 6.00. The van der Waals surface area contributed by atoms with Gasteiger partial charge in [0.1, 0.15) is 5.75 Å². The van der Waals surface area contributed by atoms with E-state index >= 15 is 0 Å². The lowest BCUT2D eigenvalue weighted by Crippen LogP contribution is -2.46. The SMILES string of the molecule is CC(CCc1ccccc1)NC(=O)CCN1C(=O)C(C)Oc2ccccc21. The van der Waals surface area contributed by atoms with Crippen molar-refractivity contribution >= 4 is 17.5 Å². The molecule has 5 nitrogen and oxygen atoms in total. The Bertz CT molecular complexity index is 791. The Morgan fingerprint density at radius 3 is 2.63 bits per heavy atom. The second kappa shape index (κ2) is 8.71. The Morgan fingerprint density at radius 2 is 1.85 bits per heavy atom. The molecule has 1 heterocycles. The Hall–Kier alpha value is -2.82. The van der Waals surface area contributed by atoms with Crippen molar-refractivity contribution in [3.05, 3.63) is 60.2 Å². The van der Waals surface area contributed by atoms with Crippen LogP contribution in [0.25, 0.3) is 0 Å². The lowest BCUT2D eigenvalue weighted by molar-refractivity contribution is -0.125.